The van der Waals surface area contributed by atoms with Crippen molar-refractivity contribution < 1.29 is 19.3 Å². The van der Waals surface area contributed by atoms with Crippen LogP contribution in [-0.4, -0.2) is 47.5 Å². The number of fused-ring (bicyclic) bond motifs is 1. The molecule has 3 heterocycles. The lowest BCUT2D eigenvalue weighted by Gasteiger charge is -2.28. The molecule has 3 aromatic rings. The van der Waals surface area contributed by atoms with Gasteiger partial charge in [0.15, 0.2) is 6.54 Å². The summed E-state index contributed by atoms with van der Waals surface area (Å²) in [5.41, 5.74) is 3.14. The second kappa shape index (κ2) is 9.15. The van der Waals surface area contributed by atoms with E-state index in [-0.39, 0.29) is 12.5 Å². The number of imide groups is 1. The van der Waals surface area contributed by atoms with E-state index in [0.29, 0.717) is 17.9 Å². The summed E-state index contributed by atoms with van der Waals surface area (Å²) in [5, 5.41) is 4.79. The molecular weight excluding hydrogens is 450 g/mol. The number of likely N-dealkylation sites (tertiary alicyclic amines) is 1. The quantitative estimate of drug-likeness (QED) is 0.472. The Kier molecular flexibility index (Phi) is 6.05. The Morgan fingerprint density at radius 3 is 2.56 bits per heavy atom. The van der Waals surface area contributed by atoms with Crippen molar-refractivity contribution in [2.45, 2.75) is 37.6 Å². The van der Waals surface area contributed by atoms with Crippen LogP contribution >= 0.6 is 11.3 Å². The minimum atomic E-state index is -1.16. The average Bonchev–Trinajstić information content (AvgIpc) is 3.40. The smallest absolute Gasteiger partial charge is 0.327 e. The zero-order chi connectivity index (χ0) is 23.7. The number of quaternary nitrogens is 1. The summed E-state index contributed by atoms with van der Waals surface area (Å²) >= 11 is 1.75. The number of nitrogens with one attached hydrogen (secondary N) is 3. The number of hydrogen-bond donors (Lipinski definition) is 3. The van der Waals surface area contributed by atoms with Crippen molar-refractivity contribution in [1.29, 1.82) is 0 Å². The van der Waals surface area contributed by atoms with Crippen LogP contribution in [0.15, 0.2) is 54.6 Å². The molecule has 0 bridgehead atoms. The Hall–Kier alpha value is -3.30. The van der Waals surface area contributed by atoms with Gasteiger partial charge in [0.05, 0.1) is 28.3 Å². The molecule has 2 aliphatic heterocycles. The lowest BCUT2D eigenvalue weighted by molar-refractivity contribution is -0.897. The number of nitrogens with zero attached hydrogens (tertiary/aromatic N) is 2. The molecule has 2 saturated heterocycles. The van der Waals surface area contributed by atoms with E-state index in [1.807, 2.05) is 55.5 Å². The van der Waals surface area contributed by atoms with Crippen LogP contribution in [0.1, 0.15) is 42.7 Å². The van der Waals surface area contributed by atoms with Crippen LogP contribution < -0.4 is 15.6 Å². The molecular formula is C25H28N5O3S+. The first-order chi connectivity index (χ1) is 16.5. The van der Waals surface area contributed by atoms with Gasteiger partial charge >= 0.3 is 6.03 Å². The molecule has 2 aromatic carbocycles. The van der Waals surface area contributed by atoms with Crippen LogP contribution in [0.25, 0.3) is 10.2 Å². The number of para-hydroxylation sites is 1. The molecule has 5 rings (SSSR count). The van der Waals surface area contributed by atoms with E-state index in [9.17, 15) is 14.4 Å². The standard InChI is InChI=1S/C25H27N5O3S/c1-2-25(18-8-4-3-5-9-18)23(32)30(24(33)27-25)28-21(31)16-29-14-12-17(13-15-29)22-26-19-10-6-7-11-20(19)34-22/h3-11,17H,2,12-16H2,1H3,(H,27,33)(H,28,31)/p+1/t25-/m0/s1. The van der Waals surface area contributed by atoms with Crippen molar-refractivity contribution >= 4 is 39.4 Å². The summed E-state index contributed by atoms with van der Waals surface area (Å²) in [7, 11) is 0. The molecule has 1 aromatic heterocycles. The van der Waals surface area contributed by atoms with Gasteiger partial charge in [0.1, 0.15) is 5.54 Å². The number of carbonyl (C=O) groups excluding carboxylic acids is 3. The Morgan fingerprint density at radius 1 is 1.15 bits per heavy atom. The normalized spacial score (nSPS) is 24.9. The molecule has 176 valence electrons. The number of piperidine rings is 1. The van der Waals surface area contributed by atoms with Gasteiger partial charge < -0.3 is 10.2 Å². The van der Waals surface area contributed by atoms with Crippen LogP contribution in [0.4, 0.5) is 4.79 Å². The summed E-state index contributed by atoms with van der Waals surface area (Å²) in [5.74, 6) is -0.382. The third kappa shape index (κ3) is 4.05. The molecule has 3 N–H and O–H groups in total. The topological polar surface area (TPSA) is 95.8 Å². The minimum Gasteiger partial charge on any atom is -0.327 e. The molecule has 4 amide bonds. The molecule has 0 saturated carbocycles. The van der Waals surface area contributed by atoms with Crippen molar-refractivity contribution in [3.05, 3.63) is 65.2 Å². The van der Waals surface area contributed by atoms with Crippen molar-refractivity contribution in [1.82, 2.24) is 20.7 Å². The minimum absolute atomic E-state index is 0.216. The number of rotatable bonds is 6. The number of amides is 4. The summed E-state index contributed by atoms with van der Waals surface area (Å²) in [6.07, 6.45) is 2.30. The van der Waals surface area contributed by atoms with Gasteiger partial charge in [-0.25, -0.2) is 9.78 Å². The Balaban J connectivity index is 1.18. The van der Waals surface area contributed by atoms with E-state index in [1.165, 1.54) is 9.71 Å². The van der Waals surface area contributed by atoms with Crippen LogP contribution in [0.3, 0.4) is 0 Å². The first-order valence-electron chi connectivity index (χ1n) is 11.7. The van der Waals surface area contributed by atoms with Crippen LogP contribution in [0.5, 0.6) is 0 Å². The van der Waals surface area contributed by atoms with E-state index < -0.39 is 17.5 Å². The van der Waals surface area contributed by atoms with Gasteiger partial charge in [-0.15, -0.1) is 11.3 Å². The van der Waals surface area contributed by atoms with E-state index in [2.05, 4.69) is 16.8 Å². The number of hydrazine groups is 1. The molecule has 8 nitrogen and oxygen atoms in total. The predicted octanol–water partition coefficient (Wildman–Crippen LogP) is 1.95. The second-order valence-electron chi connectivity index (χ2n) is 8.95. The molecule has 1 atom stereocenters. The third-order valence-corrected chi connectivity index (χ3v) is 8.09. The lowest BCUT2D eigenvalue weighted by atomic mass is 9.87. The molecule has 2 aliphatic rings. The van der Waals surface area contributed by atoms with E-state index in [0.717, 1.165) is 41.4 Å². The van der Waals surface area contributed by atoms with Crippen molar-refractivity contribution in [2.24, 2.45) is 0 Å². The maximum atomic E-state index is 13.2. The summed E-state index contributed by atoms with van der Waals surface area (Å²) in [4.78, 5) is 44.5. The number of carbonyl (C=O) groups is 3. The number of hydrogen-bond acceptors (Lipinski definition) is 5. The van der Waals surface area contributed by atoms with E-state index in [1.54, 1.807) is 11.3 Å². The molecule has 0 spiro atoms. The first kappa shape index (κ1) is 22.5. The maximum absolute atomic E-state index is 13.2. The Labute approximate surface area is 201 Å². The third-order valence-electron chi connectivity index (χ3n) is 6.89. The molecule has 34 heavy (non-hydrogen) atoms. The zero-order valence-corrected chi connectivity index (χ0v) is 19.9. The SMILES string of the molecule is CC[C@@]1(c2ccccc2)NC(=O)N(NC(=O)C[NH+]2CCC(c3nc4ccccc4s3)CC2)C1=O. The molecule has 0 unspecified atom stereocenters. The van der Waals surface area contributed by atoms with E-state index in [4.69, 9.17) is 4.98 Å². The molecule has 2 fully saturated rings. The van der Waals surface area contributed by atoms with Gasteiger partial charge in [-0.3, -0.25) is 15.0 Å². The fraction of sp³-hybridized carbons (Fsp3) is 0.360. The molecule has 9 heteroatoms. The number of benzene rings is 2. The predicted molar refractivity (Wildman–Crippen MR) is 129 cm³/mol. The van der Waals surface area contributed by atoms with Crippen LogP contribution in [0.2, 0.25) is 0 Å². The fourth-order valence-corrected chi connectivity index (χ4v) is 6.08. The number of thiazole rings is 1. The van der Waals surface area contributed by atoms with Crippen LogP contribution in [-0.2, 0) is 15.1 Å². The van der Waals surface area contributed by atoms with Crippen molar-refractivity contribution in [3.63, 3.8) is 0 Å². The number of urea groups is 1. The molecule has 0 radical (unpaired) electrons. The molecule has 0 aliphatic carbocycles. The average molecular weight is 479 g/mol. The first-order valence-corrected chi connectivity index (χ1v) is 12.5. The van der Waals surface area contributed by atoms with Crippen molar-refractivity contribution in [2.75, 3.05) is 19.6 Å². The van der Waals surface area contributed by atoms with Gasteiger partial charge in [0, 0.05) is 18.8 Å². The number of aromatic nitrogens is 1. The summed E-state index contributed by atoms with van der Waals surface area (Å²) in [6.45, 7) is 3.75. The van der Waals surface area contributed by atoms with Crippen LogP contribution in [0, 0.1) is 0 Å². The van der Waals surface area contributed by atoms with Gasteiger partial charge in [-0.2, -0.15) is 5.01 Å². The Bertz CT molecular complexity index is 1190. The maximum Gasteiger partial charge on any atom is 0.344 e. The highest BCUT2D eigenvalue weighted by molar-refractivity contribution is 7.18. The largest absolute Gasteiger partial charge is 0.344 e. The Morgan fingerprint density at radius 2 is 1.85 bits per heavy atom. The zero-order valence-electron chi connectivity index (χ0n) is 19.0. The van der Waals surface area contributed by atoms with Crippen molar-refractivity contribution in [3.8, 4) is 0 Å². The van der Waals surface area contributed by atoms with Gasteiger partial charge in [0.25, 0.3) is 11.8 Å². The summed E-state index contributed by atoms with van der Waals surface area (Å²) in [6, 6.07) is 16.7. The second-order valence-corrected chi connectivity index (χ2v) is 10.0. The van der Waals surface area contributed by atoms with Gasteiger partial charge in [0.2, 0.25) is 0 Å². The monoisotopic (exact) mass is 478 g/mol. The van der Waals surface area contributed by atoms with Gasteiger partial charge in [-0.05, 0) is 24.1 Å². The van der Waals surface area contributed by atoms with Gasteiger partial charge in [-0.1, -0.05) is 49.4 Å². The summed E-state index contributed by atoms with van der Waals surface area (Å²) < 4.78 is 1.21. The highest BCUT2D eigenvalue weighted by Crippen LogP contribution is 2.32. The highest BCUT2D eigenvalue weighted by atomic mass is 32.1. The highest BCUT2D eigenvalue weighted by Gasteiger charge is 2.52. The fourth-order valence-electron chi connectivity index (χ4n) is 4.94. The van der Waals surface area contributed by atoms with E-state index >= 15 is 0 Å². The lowest BCUT2D eigenvalue weighted by Crippen LogP contribution is -3.14.